The van der Waals surface area contributed by atoms with Crippen LogP contribution in [0.15, 0.2) is 47.6 Å². The van der Waals surface area contributed by atoms with E-state index < -0.39 is 0 Å². The number of nitrogens with one attached hydrogen (secondary N) is 1. The lowest BCUT2D eigenvalue weighted by molar-refractivity contribution is -0.133. The lowest BCUT2D eigenvalue weighted by Crippen LogP contribution is -2.50. The molecule has 2 aliphatic heterocycles. The van der Waals surface area contributed by atoms with Gasteiger partial charge < -0.3 is 19.7 Å². The molecule has 0 saturated carbocycles. The molecule has 3 amide bonds. The molecule has 1 saturated heterocycles. The number of carbonyl (C=O) groups excluding carboxylic acids is 2. The van der Waals surface area contributed by atoms with Gasteiger partial charge in [0.25, 0.3) is 5.91 Å². The average molecular weight is 536 g/mol. The van der Waals surface area contributed by atoms with Crippen LogP contribution in [0.25, 0.3) is 0 Å². The third-order valence-electron chi connectivity index (χ3n) is 7.32. The van der Waals surface area contributed by atoms with Crippen LogP contribution < -0.4 is 10.1 Å². The van der Waals surface area contributed by atoms with Gasteiger partial charge in [0.2, 0.25) is 0 Å². The molecule has 0 radical (unpaired) electrons. The highest BCUT2D eigenvalue weighted by molar-refractivity contribution is 6.03. The molecule has 39 heavy (non-hydrogen) atoms. The summed E-state index contributed by atoms with van der Waals surface area (Å²) < 4.78 is 11.1. The predicted octanol–water partition coefficient (Wildman–Crippen LogP) is 3.74. The normalized spacial score (nSPS) is 17.7. The standard InChI is InChI=1S/C30H41N5O4/c1-21(2)31-30(37)34(13-12-33-14-16-39-17-15-33)20-29(36)35-27(25-8-6-7-9-28(25)38-5)19-26(32-35)24-11-10-22(3)23(4)18-24/h6-11,18,21,27H,12-17,19-20H2,1-5H3,(H,31,37)/t27-/m0/s1. The van der Waals surface area contributed by atoms with Gasteiger partial charge in [-0.05, 0) is 56.5 Å². The number of morpholine rings is 1. The number of hydrazone groups is 1. The van der Waals surface area contributed by atoms with E-state index >= 15 is 0 Å². The Labute approximate surface area is 231 Å². The highest BCUT2D eigenvalue weighted by Crippen LogP contribution is 2.37. The molecular weight excluding hydrogens is 494 g/mol. The van der Waals surface area contributed by atoms with Crippen molar-refractivity contribution in [2.45, 2.75) is 46.2 Å². The Morgan fingerprint density at radius 3 is 2.56 bits per heavy atom. The summed E-state index contributed by atoms with van der Waals surface area (Å²) in [5.74, 6) is 0.476. The van der Waals surface area contributed by atoms with Gasteiger partial charge in [-0.15, -0.1) is 0 Å². The Morgan fingerprint density at radius 1 is 1.13 bits per heavy atom. The van der Waals surface area contributed by atoms with Crippen LogP contribution in [0.5, 0.6) is 5.75 Å². The lowest BCUT2D eigenvalue weighted by atomic mass is 9.96. The molecule has 4 rings (SSSR count). The maximum atomic E-state index is 13.9. The van der Waals surface area contributed by atoms with Crippen LogP contribution >= 0.6 is 0 Å². The summed E-state index contributed by atoms with van der Waals surface area (Å²) in [5.41, 5.74) is 5.11. The van der Waals surface area contributed by atoms with Crippen molar-refractivity contribution in [1.82, 2.24) is 20.1 Å². The Morgan fingerprint density at radius 2 is 1.87 bits per heavy atom. The highest BCUT2D eigenvalue weighted by Gasteiger charge is 2.36. The molecule has 0 aromatic heterocycles. The lowest BCUT2D eigenvalue weighted by Gasteiger charge is -2.31. The van der Waals surface area contributed by atoms with Gasteiger partial charge in [-0.3, -0.25) is 9.69 Å². The molecule has 1 atom stereocenters. The number of benzene rings is 2. The third-order valence-corrected chi connectivity index (χ3v) is 7.32. The van der Waals surface area contributed by atoms with Crippen molar-refractivity contribution >= 4 is 17.6 Å². The second-order valence-corrected chi connectivity index (χ2v) is 10.5. The fourth-order valence-corrected chi connectivity index (χ4v) is 4.93. The van der Waals surface area contributed by atoms with Crippen LogP contribution in [0.2, 0.25) is 0 Å². The molecule has 2 aromatic carbocycles. The summed E-state index contributed by atoms with van der Waals surface area (Å²) in [6.07, 6.45) is 0.556. The van der Waals surface area contributed by atoms with Gasteiger partial charge in [0.05, 0.1) is 32.1 Å². The van der Waals surface area contributed by atoms with Gasteiger partial charge in [-0.2, -0.15) is 5.10 Å². The minimum absolute atomic E-state index is 0.0407. The number of nitrogens with zero attached hydrogens (tertiary/aromatic N) is 4. The maximum absolute atomic E-state index is 13.9. The second-order valence-electron chi connectivity index (χ2n) is 10.5. The van der Waals surface area contributed by atoms with Gasteiger partial charge >= 0.3 is 6.03 Å². The van der Waals surface area contributed by atoms with Crippen LogP contribution in [0, 0.1) is 13.8 Å². The van der Waals surface area contributed by atoms with E-state index in [9.17, 15) is 9.59 Å². The first kappa shape index (κ1) is 28.6. The fourth-order valence-electron chi connectivity index (χ4n) is 4.93. The number of ether oxygens (including phenoxy) is 2. The molecule has 0 bridgehead atoms. The number of aryl methyl sites for hydroxylation is 2. The van der Waals surface area contributed by atoms with Gasteiger partial charge in [0, 0.05) is 44.2 Å². The van der Waals surface area contributed by atoms with E-state index in [-0.39, 0.29) is 30.6 Å². The topological polar surface area (TPSA) is 86.7 Å². The molecule has 9 heteroatoms. The monoisotopic (exact) mass is 535 g/mol. The Balaban J connectivity index is 1.60. The minimum Gasteiger partial charge on any atom is -0.496 e. The van der Waals surface area contributed by atoms with E-state index in [4.69, 9.17) is 14.6 Å². The maximum Gasteiger partial charge on any atom is 0.318 e. The number of rotatable bonds is 9. The fraction of sp³-hybridized carbons (Fsp3) is 0.500. The Kier molecular flexibility index (Phi) is 9.59. The Hall–Kier alpha value is -3.43. The first-order valence-electron chi connectivity index (χ1n) is 13.7. The van der Waals surface area contributed by atoms with Gasteiger partial charge in [0.1, 0.15) is 12.3 Å². The van der Waals surface area contributed by atoms with Gasteiger partial charge in [-0.25, -0.2) is 9.80 Å². The summed E-state index contributed by atoms with van der Waals surface area (Å²) in [4.78, 5) is 30.9. The first-order chi connectivity index (χ1) is 18.8. The van der Waals surface area contributed by atoms with Crippen molar-refractivity contribution in [2.75, 3.05) is 53.0 Å². The molecule has 0 unspecified atom stereocenters. The Bertz CT molecular complexity index is 1190. The van der Waals surface area contributed by atoms with Crippen LogP contribution in [-0.2, 0) is 9.53 Å². The molecule has 1 fully saturated rings. The first-order valence-corrected chi connectivity index (χ1v) is 13.7. The van der Waals surface area contributed by atoms with E-state index in [1.165, 1.54) is 11.1 Å². The SMILES string of the molecule is COc1ccccc1[C@@H]1CC(c2ccc(C)c(C)c2)=NN1C(=O)CN(CCN1CCOCC1)C(=O)NC(C)C. The molecule has 0 aliphatic carbocycles. The molecular formula is C30H41N5O4. The van der Waals surface area contributed by atoms with Gasteiger partial charge in [-0.1, -0.05) is 30.3 Å². The molecule has 1 N–H and O–H groups in total. The van der Waals surface area contributed by atoms with E-state index in [0.29, 0.717) is 38.5 Å². The van der Waals surface area contributed by atoms with Crippen LogP contribution in [0.4, 0.5) is 4.79 Å². The van der Waals surface area contributed by atoms with E-state index in [1.54, 1.807) is 17.0 Å². The number of urea groups is 1. The summed E-state index contributed by atoms with van der Waals surface area (Å²) >= 11 is 0. The number of hydrogen-bond acceptors (Lipinski definition) is 6. The average Bonchev–Trinajstić information content (AvgIpc) is 3.38. The summed E-state index contributed by atoms with van der Waals surface area (Å²) in [5, 5.41) is 9.34. The zero-order valence-corrected chi connectivity index (χ0v) is 23.8. The molecule has 0 spiro atoms. The third kappa shape index (κ3) is 7.16. The molecule has 2 heterocycles. The molecule has 2 aromatic rings. The van der Waals surface area contributed by atoms with Crippen LogP contribution in [0.3, 0.4) is 0 Å². The number of hydrogen-bond donors (Lipinski definition) is 1. The predicted molar refractivity (Wildman–Crippen MR) is 152 cm³/mol. The highest BCUT2D eigenvalue weighted by atomic mass is 16.5. The zero-order chi connectivity index (χ0) is 27.9. The van der Waals surface area contributed by atoms with Crippen molar-refractivity contribution < 1.29 is 19.1 Å². The van der Waals surface area contributed by atoms with Crippen molar-refractivity contribution in [3.05, 3.63) is 64.7 Å². The largest absolute Gasteiger partial charge is 0.496 e. The molecule has 2 aliphatic rings. The summed E-state index contributed by atoms with van der Waals surface area (Å²) in [7, 11) is 1.63. The smallest absolute Gasteiger partial charge is 0.318 e. The summed E-state index contributed by atoms with van der Waals surface area (Å²) in [6, 6.07) is 13.4. The van der Waals surface area contributed by atoms with Crippen molar-refractivity contribution in [3.8, 4) is 5.75 Å². The number of amides is 3. The molecule has 9 nitrogen and oxygen atoms in total. The zero-order valence-electron chi connectivity index (χ0n) is 23.8. The van der Waals surface area contributed by atoms with Crippen molar-refractivity contribution in [1.29, 1.82) is 0 Å². The number of methoxy groups -OCH3 is 1. The number of para-hydroxylation sites is 1. The van der Waals surface area contributed by atoms with E-state index in [0.717, 1.165) is 29.9 Å². The van der Waals surface area contributed by atoms with Crippen LogP contribution in [0.1, 0.15) is 48.6 Å². The quantitative estimate of drug-likeness (QED) is 0.529. The van der Waals surface area contributed by atoms with Gasteiger partial charge in [0.15, 0.2) is 0 Å². The van der Waals surface area contributed by atoms with Crippen molar-refractivity contribution in [2.24, 2.45) is 5.10 Å². The summed E-state index contributed by atoms with van der Waals surface area (Å²) in [6.45, 7) is 12.0. The number of carbonyl (C=O) groups is 2. The second kappa shape index (κ2) is 13.1. The van der Waals surface area contributed by atoms with Crippen LogP contribution in [-0.4, -0.2) is 91.5 Å². The van der Waals surface area contributed by atoms with Crippen molar-refractivity contribution in [3.63, 3.8) is 0 Å². The molecule has 210 valence electrons. The minimum atomic E-state index is -0.334. The van der Waals surface area contributed by atoms with E-state index in [1.807, 2.05) is 38.1 Å². The van der Waals surface area contributed by atoms with E-state index in [2.05, 4.69) is 42.3 Å².